The van der Waals surface area contributed by atoms with E-state index in [-0.39, 0.29) is 11.9 Å². The van der Waals surface area contributed by atoms with E-state index in [9.17, 15) is 4.79 Å². The van der Waals surface area contributed by atoms with Crippen molar-refractivity contribution in [3.63, 3.8) is 0 Å². The molecule has 0 aliphatic carbocycles. The summed E-state index contributed by atoms with van der Waals surface area (Å²) in [5.41, 5.74) is 4.42. The normalized spacial score (nSPS) is 16.2. The third-order valence-corrected chi connectivity index (χ3v) is 5.36. The van der Waals surface area contributed by atoms with Crippen LogP contribution >= 0.6 is 0 Å². The van der Waals surface area contributed by atoms with Crippen molar-refractivity contribution < 1.29 is 4.79 Å². The number of fused-ring (bicyclic) bond motifs is 2. The van der Waals surface area contributed by atoms with Crippen LogP contribution in [0.25, 0.3) is 22.4 Å². The van der Waals surface area contributed by atoms with Gasteiger partial charge in [0.2, 0.25) is 0 Å². The molecule has 0 saturated carbocycles. The molecule has 3 aromatic heterocycles. The Kier molecular flexibility index (Phi) is 3.90. The van der Waals surface area contributed by atoms with Crippen LogP contribution in [-0.2, 0) is 6.42 Å². The Bertz CT molecular complexity index is 1170. The highest BCUT2D eigenvalue weighted by Gasteiger charge is 2.30. The molecule has 0 fully saturated rings. The van der Waals surface area contributed by atoms with Gasteiger partial charge < -0.3 is 9.88 Å². The molecule has 0 spiro atoms. The lowest BCUT2D eigenvalue weighted by Gasteiger charge is -2.34. The van der Waals surface area contributed by atoms with Crippen LogP contribution in [0.15, 0.2) is 61.1 Å². The maximum absolute atomic E-state index is 13.1. The minimum atomic E-state index is -0.0756. The number of nitrogens with one attached hydrogen (secondary N) is 1. The monoisotopic (exact) mass is 369 g/mol. The summed E-state index contributed by atoms with van der Waals surface area (Å²) in [5, 5.41) is 1.10. The number of benzene rings is 1. The summed E-state index contributed by atoms with van der Waals surface area (Å²) < 4.78 is 0. The van der Waals surface area contributed by atoms with Gasteiger partial charge in [0.05, 0.1) is 11.7 Å². The van der Waals surface area contributed by atoms with Gasteiger partial charge >= 0.3 is 0 Å². The van der Waals surface area contributed by atoms with Crippen LogP contribution in [-0.4, -0.2) is 37.3 Å². The zero-order chi connectivity index (χ0) is 19.1. The Morgan fingerprint density at radius 1 is 1.18 bits per heavy atom. The maximum atomic E-state index is 13.1. The Hall–Kier alpha value is -3.54. The lowest BCUT2D eigenvalue weighted by atomic mass is 9.98. The number of hydrogen-bond donors (Lipinski definition) is 1. The highest BCUT2D eigenvalue weighted by atomic mass is 16.2. The van der Waals surface area contributed by atoms with Gasteiger partial charge in [0.1, 0.15) is 5.69 Å². The predicted molar refractivity (Wildman–Crippen MR) is 107 cm³/mol. The summed E-state index contributed by atoms with van der Waals surface area (Å²) in [5.74, 6) is 0.659. The van der Waals surface area contributed by atoms with Crippen LogP contribution in [0.1, 0.15) is 34.6 Å². The molecule has 1 atom stereocenters. The van der Waals surface area contributed by atoms with Gasteiger partial charge in [-0.1, -0.05) is 12.1 Å². The highest BCUT2D eigenvalue weighted by Crippen LogP contribution is 2.30. The van der Waals surface area contributed by atoms with Crippen LogP contribution in [0.5, 0.6) is 0 Å². The zero-order valence-corrected chi connectivity index (χ0v) is 15.5. The van der Waals surface area contributed by atoms with E-state index >= 15 is 0 Å². The van der Waals surface area contributed by atoms with Crippen molar-refractivity contribution in [2.24, 2.45) is 0 Å². The first kappa shape index (κ1) is 16.6. The first-order valence-electron chi connectivity index (χ1n) is 9.36. The number of carbonyl (C=O) groups excluding carboxylic acids is 1. The molecule has 138 valence electrons. The second-order valence-corrected chi connectivity index (χ2v) is 7.01. The Morgan fingerprint density at radius 2 is 2.11 bits per heavy atom. The minimum absolute atomic E-state index is 0.0310. The van der Waals surface area contributed by atoms with E-state index in [1.807, 2.05) is 66.7 Å². The van der Waals surface area contributed by atoms with E-state index in [0.29, 0.717) is 24.4 Å². The predicted octanol–water partition coefficient (Wildman–Crippen LogP) is 3.78. The molecule has 0 bridgehead atoms. The van der Waals surface area contributed by atoms with Crippen molar-refractivity contribution in [1.82, 2.24) is 24.8 Å². The van der Waals surface area contributed by atoms with Crippen LogP contribution in [0.2, 0.25) is 0 Å². The fourth-order valence-corrected chi connectivity index (χ4v) is 3.81. The molecule has 0 saturated heterocycles. The molecule has 28 heavy (non-hydrogen) atoms. The van der Waals surface area contributed by atoms with Crippen molar-refractivity contribution in [2.75, 3.05) is 6.54 Å². The second kappa shape index (κ2) is 6.56. The van der Waals surface area contributed by atoms with Crippen molar-refractivity contribution in [3.05, 3.63) is 77.9 Å². The number of nitrogens with zero attached hydrogens (tertiary/aromatic N) is 4. The summed E-state index contributed by atoms with van der Waals surface area (Å²) in [6.45, 7) is 2.67. The summed E-state index contributed by atoms with van der Waals surface area (Å²) >= 11 is 0. The van der Waals surface area contributed by atoms with Crippen molar-refractivity contribution in [3.8, 4) is 11.5 Å². The third-order valence-electron chi connectivity index (χ3n) is 5.36. The lowest BCUT2D eigenvalue weighted by Crippen LogP contribution is -2.39. The Labute approximate surface area is 162 Å². The molecule has 1 aliphatic heterocycles. The van der Waals surface area contributed by atoms with Gasteiger partial charge in [-0.2, -0.15) is 0 Å². The Morgan fingerprint density at radius 3 is 2.96 bits per heavy atom. The highest BCUT2D eigenvalue weighted by molar-refractivity contribution is 5.98. The molecule has 4 aromatic rings. The van der Waals surface area contributed by atoms with E-state index in [1.54, 1.807) is 6.20 Å². The topological polar surface area (TPSA) is 74.8 Å². The Balaban J connectivity index is 1.44. The molecule has 0 radical (unpaired) electrons. The lowest BCUT2D eigenvalue weighted by molar-refractivity contribution is 0.0676. The first-order valence-corrected chi connectivity index (χ1v) is 9.36. The number of aromatic amines is 1. The molecular formula is C22H19N5O. The average Bonchev–Trinajstić information content (AvgIpc) is 3.22. The molecule has 1 aliphatic rings. The number of aromatic nitrogens is 4. The molecule has 6 nitrogen and oxygen atoms in total. The summed E-state index contributed by atoms with van der Waals surface area (Å²) in [6.07, 6.45) is 6.17. The van der Waals surface area contributed by atoms with Crippen LogP contribution in [0.4, 0.5) is 0 Å². The van der Waals surface area contributed by atoms with Gasteiger partial charge in [-0.05, 0) is 42.6 Å². The molecule has 1 N–H and O–H groups in total. The van der Waals surface area contributed by atoms with Gasteiger partial charge in [-0.15, -0.1) is 0 Å². The second-order valence-electron chi connectivity index (χ2n) is 7.01. The molecule has 1 amide bonds. The van der Waals surface area contributed by atoms with Crippen molar-refractivity contribution in [2.45, 2.75) is 19.4 Å². The summed E-state index contributed by atoms with van der Waals surface area (Å²) in [6, 6.07) is 13.4. The number of amides is 1. The van der Waals surface area contributed by atoms with Gasteiger partial charge in [0.25, 0.3) is 5.91 Å². The molecule has 1 unspecified atom stereocenters. The van der Waals surface area contributed by atoms with E-state index in [1.165, 1.54) is 0 Å². The number of pyridine rings is 1. The number of carbonyl (C=O) groups is 1. The zero-order valence-electron chi connectivity index (χ0n) is 15.5. The molecule has 6 heteroatoms. The fourth-order valence-electron chi connectivity index (χ4n) is 3.81. The molecule has 1 aromatic carbocycles. The summed E-state index contributed by atoms with van der Waals surface area (Å²) in [4.78, 5) is 31.7. The van der Waals surface area contributed by atoms with Gasteiger partial charge in [-0.3, -0.25) is 9.78 Å². The standard InChI is InChI=1S/C22H19N5O/c1-14-17-13-25-21(19-4-2-3-9-23-19)26-18(17)8-11-27(14)22(28)16-6-5-15-7-10-24-20(15)12-16/h2-7,9-10,12-14,24H,8,11H2,1H3. The maximum Gasteiger partial charge on any atom is 0.254 e. The van der Waals surface area contributed by atoms with E-state index in [4.69, 9.17) is 4.98 Å². The number of rotatable bonds is 2. The first-order chi connectivity index (χ1) is 13.7. The summed E-state index contributed by atoms with van der Waals surface area (Å²) in [7, 11) is 0. The number of H-pyrrole nitrogens is 1. The van der Waals surface area contributed by atoms with E-state index < -0.39 is 0 Å². The fraction of sp³-hybridized carbons (Fsp3) is 0.182. The number of hydrogen-bond acceptors (Lipinski definition) is 4. The van der Waals surface area contributed by atoms with Gasteiger partial charge in [-0.25, -0.2) is 9.97 Å². The van der Waals surface area contributed by atoms with Crippen molar-refractivity contribution >= 4 is 16.8 Å². The van der Waals surface area contributed by atoms with Crippen LogP contribution in [0.3, 0.4) is 0 Å². The molecule has 4 heterocycles. The van der Waals surface area contributed by atoms with Crippen LogP contribution < -0.4 is 0 Å². The third kappa shape index (κ3) is 2.74. The molecular weight excluding hydrogens is 350 g/mol. The SMILES string of the molecule is CC1c2cnc(-c3ccccn3)nc2CCN1C(=O)c1ccc2cc[nH]c2c1. The molecule has 5 rings (SSSR count). The van der Waals surface area contributed by atoms with Crippen LogP contribution in [0, 0.1) is 0 Å². The van der Waals surface area contributed by atoms with Gasteiger partial charge in [0, 0.05) is 48.2 Å². The van der Waals surface area contributed by atoms with E-state index in [2.05, 4.69) is 15.0 Å². The van der Waals surface area contributed by atoms with Gasteiger partial charge in [0.15, 0.2) is 5.82 Å². The quantitative estimate of drug-likeness (QED) is 0.583. The van der Waals surface area contributed by atoms with Crippen molar-refractivity contribution in [1.29, 1.82) is 0 Å². The largest absolute Gasteiger partial charge is 0.361 e. The average molecular weight is 369 g/mol. The van der Waals surface area contributed by atoms with E-state index in [0.717, 1.165) is 27.9 Å². The minimum Gasteiger partial charge on any atom is -0.361 e. The smallest absolute Gasteiger partial charge is 0.254 e.